The molecule has 0 saturated carbocycles. The number of rotatable bonds is 5. The summed E-state index contributed by atoms with van der Waals surface area (Å²) >= 11 is 3.29. The second kappa shape index (κ2) is 7.13. The molecule has 0 fully saturated rings. The summed E-state index contributed by atoms with van der Waals surface area (Å²) in [6, 6.07) is 12.7. The van der Waals surface area contributed by atoms with Crippen molar-refractivity contribution in [3.63, 3.8) is 0 Å². The smallest absolute Gasteiger partial charge is 0.251 e. The van der Waals surface area contributed by atoms with Crippen LogP contribution in [0.15, 0.2) is 46.9 Å². The molecule has 3 N–H and O–H groups in total. The minimum absolute atomic E-state index is 0.0634. The van der Waals surface area contributed by atoms with Crippen molar-refractivity contribution in [1.82, 2.24) is 5.32 Å². The minimum atomic E-state index is -0.0634. The molecule has 21 heavy (non-hydrogen) atoms. The van der Waals surface area contributed by atoms with Crippen LogP contribution in [0, 0.1) is 0 Å². The maximum atomic E-state index is 11.6. The van der Waals surface area contributed by atoms with Gasteiger partial charge in [0.1, 0.15) is 5.75 Å². The van der Waals surface area contributed by atoms with Crippen molar-refractivity contribution in [3.05, 3.63) is 58.1 Å². The zero-order valence-corrected chi connectivity index (χ0v) is 13.3. The second-order valence-electron chi connectivity index (χ2n) is 4.58. The lowest BCUT2D eigenvalue weighted by Crippen LogP contribution is -2.22. The molecule has 0 aliphatic carbocycles. The third-order valence-corrected chi connectivity index (χ3v) is 3.63. The highest BCUT2D eigenvalue weighted by molar-refractivity contribution is 9.10. The molecule has 0 aliphatic heterocycles. The van der Waals surface area contributed by atoms with Crippen LogP contribution >= 0.6 is 15.9 Å². The molecule has 0 aromatic heterocycles. The van der Waals surface area contributed by atoms with E-state index in [0.717, 1.165) is 11.3 Å². The summed E-state index contributed by atoms with van der Waals surface area (Å²) in [6.07, 6.45) is 0. The number of anilines is 1. The standard InChI is InChI=1S/C16H17BrN2O2/c1-2-18-16(21)12-4-6-13(7-5-12)19-10-11-3-8-15(20)14(17)9-11/h3-9,19-20H,2,10H2,1H3,(H,18,21). The first-order chi connectivity index (χ1) is 10.1. The predicted molar refractivity (Wildman–Crippen MR) is 87.6 cm³/mol. The third kappa shape index (κ3) is 4.23. The predicted octanol–water partition coefficient (Wildman–Crippen LogP) is 3.52. The molecular formula is C16H17BrN2O2. The summed E-state index contributed by atoms with van der Waals surface area (Å²) in [7, 11) is 0. The van der Waals surface area contributed by atoms with Crippen LogP contribution in [0.5, 0.6) is 5.75 Å². The number of carbonyl (C=O) groups excluding carboxylic acids is 1. The molecule has 2 aromatic carbocycles. The largest absolute Gasteiger partial charge is 0.507 e. The van der Waals surface area contributed by atoms with Gasteiger partial charge in [0.25, 0.3) is 5.91 Å². The van der Waals surface area contributed by atoms with Crippen molar-refractivity contribution in [1.29, 1.82) is 0 Å². The van der Waals surface area contributed by atoms with Gasteiger partial charge in [-0.25, -0.2) is 0 Å². The Labute approximate surface area is 132 Å². The van der Waals surface area contributed by atoms with Crippen molar-refractivity contribution < 1.29 is 9.90 Å². The fraction of sp³-hybridized carbons (Fsp3) is 0.188. The molecule has 1 amide bonds. The van der Waals surface area contributed by atoms with E-state index in [1.807, 2.05) is 31.2 Å². The first kappa shape index (κ1) is 15.4. The van der Waals surface area contributed by atoms with E-state index >= 15 is 0 Å². The summed E-state index contributed by atoms with van der Waals surface area (Å²) in [6.45, 7) is 3.15. The Kier molecular flexibility index (Phi) is 5.22. The van der Waals surface area contributed by atoms with Crippen LogP contribution in [0.25, 0.3) is 0 Å². The second-order valence-corrected chi connectivity index (χ2v) is 5.43. The summed E-state index contributed by atoms with van der Waals surface area (Å²) in [4.78, 5) is 11.6. The number of amides is 1. The summed E-state index contributed by atoms with van der Waals surface area (Å²) in [5, 5.41) is 15.5. The van der Waals surface area contributed by atoms with Gasteiger partial charge >= 0.3 is 0 Å². The lowest BCUT2D eigenvalue weighted by Gasteiger charge is -2.08. The molecule has 5 heteroatoms. The van der Waals surface area contributed by atoms with Gasteiger partial charge < -0.3 is 15.7 Å². The van der Waals surface area contributed by atoms with Gasteiger partial charge in [0.2, 0.25) is 0 Å². The van der Waals surface area contributed by atoms with Crippen molar-refractivity contribution >= 4 is 27.5 Å². The van der Waals surface area contributed by atoms with Gasteiger partial charge in [-0.3, -0.25) is 4.79 Å². The molecule has 2 rings (SSSR count). The van der Waals surface area contributed by atoms with Crippen LogP contribution in [0.4, 0.5) is 5.69 Å². The van der Waals surface area contributed by atoms with Gasteiger partial charge in [-0.05, 0) is 64.8 Å². The van der Waals surface area contributed by atoms with E-state index in [1.165, 1.54) is 0 Å². The van der Waals surface area contributed by atoms with Crippen LogP contribution < -0.4 is 10.6 Å². The zero-order valence-electron chi connectivity index (χ0n) is 11.7. The van der Waals surface area contributed by atoms with E-state index in [4.69, 9.17) is 0 Å². The van der Waals surface area contributed by atoms with Crippen molar-refractivity contribution in [3.8, 4) is 5.75 Å². The molecule has 0 radical (unpaired) electrons. The zero-order chi connectivity index (χ0) is 15.2. The van der Waals surface area contributed by atoms with E-state index in [1.54, 1.807) is 18.2 Å². The third-order valence-electron chi connectivity index (χ3n) is 2.99. The topological polar surface area (TPSA) is 61.4 Å². The van der Waals surface area contributed by atoms with Crippen LogP contribution in [-0.4, -0.2) is 17.6 Å². The van der Waals surface area contributed by atoms with E-state index in [2.05, 4.69) is 26.6 Å². The first-order valence-corrected chi connectivity index (χ1v) is 7.49. The van der Waals surface area contributed by atoms with Gasteiger partial charge in [-0.1, -0.05) is 6.07 Å². The summed E-state index contributed by atoms with van der Waals surface area (Å²) in [5.41, 5.74) is 2.63. The minimum Gasteiger partial charge on any atom is -0.507 e. The van der Waals surface area contributed by atoms with E-state index in [9.17, 15) is 9.90 Å². The summed E-state index contributed by atoms with van der Waals surface area (Å²) in [5.74, 6) is 0.163. The molecule has 0 atom stereocenters. The average molecular weight is 349 g/mol. The molecule has 0 aliphatic rings. The Balaban J connectivity index is 1.97. The number of hydrogen-bond donors (Lipinski definition) is 3. The molecule has 0 unspecified atom stereocenters. The highest BCUT2D eigenvalue weighted by Gasteiger charge is 2.04. The molecular weight excluding hydrogens is 332 g/mol. The van der Waals surface area contributed by atoms with Gasteiger partial charge in [0, 0.05) is 24.3 Å². The molecule has 0 bridgehead atoms. The SMILES string of the molecule is CCNC(=O)c1ccc(NCc2ccc(O)c(Br)c2)cc1. The number of phenols is 1. The van der Waals surface area contributed by atoms with Crippen LogP contribution in [-0.2, 0) is 6.54 Å². The normalized spacial score (nSPS) is 10.2. The molecule has 110 valence electrons. The molecule has 2 aromatic rings. The number of aromatic hydroxyl groups is 1. The Morgan fingerprint density at radius 1 is 1.19 bits per heavy atom. The maximum absolute atomic E-state index is 11.6. The van der Waals surface area contributed by atoms with Gasteiger partial charge in [0.05, 0.1) is 4.47 Å². The lowest BCUT2D eigenvalue weighted by molar-refractivity contribution is 0.0956. The van der Waals surface area contributed by atoms with Gasteiger partial charge in [-0.15, -0.1) is 0 Å². The highest BCUT2D eigenvalue weighted by atomic mass is 79.9. The molecule has 0 saturated heterocycles. The molecule has 4 nitrogen and oxygen atoms in total. The molecule has 0 spiro atoms. The first-order valence-electron chi connectivity index (χ1n) is 6.69. The Hall–Kier alpha value is -2.01. The van der Waals surface area contributed by atoms with Gasteiger partial charge in [-0.2, -0.15) is 0 Å². The van der Waals surface area contributed by atoms with Crippen LogP contribution in [0.2, 0.25) is 0 Å². The average Bonchev–Trinajstić information content (AvgIpc) is 2.49. The number of halogens is 1. The van der Waals surface area contributed by atoms with Crippen molar-refractivity contribution in [2.24, 2.45) is 0 Å². The Morgan fingerprint density at radius 3 is 2.52 bits per heavy atom. The Morgan fingerprint density at radius 2 is 1.90 bits per heavy atom. The monoisotopic (exact) mass is 348 g/mol. The number of hydrogen-bond acceptors (Lipinski definition) is 3. The van der Waals surface area contributed by atoms with Crippen molar-refractivity contribution in [2.75, 3.05) is 11.9 Å². The van der Waals surface area contributed by atoms with Gasteiger partial charge in [0.15, 0.2) is 0 Å². The lowest BCUT2D eigenvalue weighted by atomic mass is 10.1. The Bertz CT molecular complexity index is 627. The summed E-state index contributed by atoms with van der Waals surface area (Å²) < 4.78 is 0.674. The maximum Gasteiger partial charge on any atom is 0.251 e. The van der Waals surface area contributed by atoms with Crippen LogP contribution in [0.3, 0.4) is 0 Å². The fourth-order valence-electron chi connectivity index (χ4n) is 1.87. The van der Waals surface area contributed by atoms with E-state index in [-0.39, 0.29) is 11.7 Å². The number of phenolic OH excluding ortho intramolecular Hbond substituents is 1. The fourth-order valence-corrected chi connectivity index (χ4v) is 2.29. The number of carbonyl (C=O) groups is 1. The van der Waals surface area contributed by atoms with Crippen molar-refractivity contribution in [2.45, 2.75) is 13.5 Å². The van der Waals surface area contributed by atoms with E-state index < -0.39 is 0 Å². The number of nitrogens with one attached hydrogen (secondary N) is 2. The highest BCUT2D eigenvalue weighted by Crippen LogP contribution is 2.24. The van der Waals surface area contributed by atoms with Crippen LogP contribution in [0.1, 0.15) is 22.8 Å². The van der Waals surface area contributed by atoms with E-state index in [0.29, 0.717) is 23.1 Å². The molecule has 0 heterocycles. The quantitative estimate of drug-likeness (QED) is 0.774. The number of benzene rings is 2.